The molecule has 0 spiro atoms. The maximum absolute atomic E-state index is 12.3. The third kappa shape index (κ3) is 5.33. The SMILES string of the molecule is CCOc1cc(C=NNc2nc(-c3ccccc3)c(C#N)c(=O)[nH]2)ccc1OC(C)=O. The summed E-state index contributed by atoms with van der Waals surface area (Å²) < 4.78 is 10.6. The topological polar surface area (TPSA) is 129 Å². The van der Waals surface area contributed by atoms with Gasteiger partial charge in [0.25, 0.3) is 5.56 Å². The van der Waals surface area contributed by atoms with Crippen molar-refractivity contribution in [2.75, 3.05) is 12.0 Å². The zero-order valence-corrected chi connectivity index (χ0v) is 16.9. The molecule has 3 aromatic rings. The van der Waals surface area contributed by atoms with Crippen molar-refractivity contribution in [1.29, 1.82) is 5.26 Å². The summed E-state index contributed by atoms with van der Waals surface area (Å²) in [5.74, 6) is 0.345. The minimum absolute atomic E-state index is 0.0804. The average Bonchev–Trinajstić information content (AvgIpc) is 2.75. The van der Waals surface area contributed by atoms with E-state index in [1.165, 1.54) is 13.1 Å². The summed E-state index contributed by atoms with van der Waals surface area (Å²) in [6, 6.07) is 15.8. The van der Waals surface area contributed by atoms with E-state index in [9.17, 15) is 14.9 Å². The molecular weight excluding hydrogens is 398 g/mol. The molecule has 2 aromatic carbocycles. The van der Waals surface area contributed by atoms with E-state index < -0.39 is 11.5 Å². The Bertz CT molecular complexity index is 1210. The second-order valence-corrected chi connectivity index (χ2v) is 6.22. The molecule has 0 amide bonds. The normalized spacial score (nSPS) is 10.5. The number of esters is 1. The van der Waals surface area contributed by atoms with Gasteiger partial charge in [0.2, 0.25) is 5.95 Å². The van der Waals surface area contributed by atoms with Crippen LogP contribution in [0.3, 0.4) is 0 Å². The van der Waals surface area contributed by atoms with Crippen LogP contribution in [0.2, 0.25) is 0 Å². The lowest BCUT2D eigenvalue weighted by Gasteiger charge is -2.10. The first kappa shape index (κ1) is 21.3. The van der Waals surface area contributed by atoms with E-state index >= 15 is 0 Å². The van der Waals surface area contributed by atoms with Gasteiger partial charge >= 0.3 is 5.97 Å². The fourth-order valence-electron chi connectivity index (χ4n) is 2.72. The Labute approximate surface area is 178 Å². The molecule has 9 nitrogen and oxygen atoms in total. The van der Waals surface area contributed by atoms with Crippen molar-refractivity contribution in [3.63, 3.8) is 0 Å². The summed E-state index contributed by atoms with van der Waals surface area (Å²) in [6.45, 7) is 3.52. The van der Waals surface area contributed by atoms with Gasteiger partial charge < -0.3 is 9.47 Å². The molecule has 0 atom stereocenters. The highest BCUT2D eigenvalue weighted by Crippen LogP contribution is 2.28. The van der Waals surface area contributed by atoms with E-state index in [2.05, 4.69) is 20.5 Å². The first-order valence-electron chi connectivity index (χ1n) is 9.36. The lowest BCUT2D eigenvalue weighted by Crippen LogP contribution is -2.16. The predicted octanol–water partition coefficient (Wildman–Crippen LogP) is 3.08. The molecule has 156 valence electrons. The van der Waals surface area contributed by atoms with Crippen LogP contribution in [0, 0.1) is 11.3 Å². The molecule has 0 saturated heterocycles. The van der Waals surface area contributed by atoms with Gasteiger partial charge in [-0.25, -0.2) is 10.4 Å². The fourth-order valence-corrected chi connectivity index (χ4v) is 2.72. The summed E-state index contributed by atoms with van der Waals surface area (Å²) >= 11 is 0. The van der Waals surface area contributed by atoms with Gasteiger partial charge in [-0.3, -0.25) is 14.6 Å². The van der Waals surface area contributed by atoms with Crippen molar-refractivity contribution in [2.45, 2.75) is 13.8 Å². The number of nitriles is 1. The number of rotatable bonds is 7. The molecule has 0 unspecified atom stereocenters. The number of ether oxygens (including phenoxy) is 2. The molecule has 31 heavy (non-hydrogen) atoms. The number of anilines is 1. The Morgan fingerprint density at radius 3 is 2.71 bits per heavy atom. The van der Waals surface area contributed by atoms with Crippen molar-refractivity contribution >= 4 is 18.1 Å². The second-order valence-electron chi connectivity index (χ2n) is 6.22. The largest absolute Gasteiger partial charge is 0.490 e. The highest BCUT2D eigenvalue weighted by molar-refractivity contribution is 5.82. The maximum Gasteiger partial charge on any atom is 0.308 e. The standard InChI is InChI=1S/C22H19N5O4/c1-3-30-19-11-15(9-10-18(19)31-14(2)28)13-24-27-22-25-20(16-7-5-4-6-8-16)17(12-23)21(29)26-22/h4-11,13H,3H2,1-2H3,(H2,25,26,27,29). The molecule has 0 bridgehead atoms. The van der Waals surface area contributed by atoms with E-state index in [1.807, 2.05) is 19.1 Å². The first-order chi connectivity index (χ1) is 15.0. The lowest BCUT2D eigenvalue weighted by atomic mass is 10.1. The number of hydrazone groups is 1. The van der Waals surface area contributed by atoms with Crippen LogP contribution >= 0.6 is 0 Å². The van der Waals surface area contributed by atoms with Gasteiger partial charge in [-0.15, -0.1) is 0 Å². The van der Waals surface area contributed by atoms with Crippen molar-refractivity contribution in [3.05, 3.63) is 70.0 Å². The van der Waals surface area contributed by atoms with Crippen molar-refractivity contribution in [3.8, 4) is 28.8 Å². The van der Waals surface area contributed by atoms with Crippen LogP contribution in [0.25, 0.3) is 11.3 Å². The van der Waals surface area contributed by atoms with Gasteiger partial charge in [0.15, 0.2) is 11.5 Å². The van der Waals surface area contributed by atoms with Gasteiger partial charge in [0.05, 0.1) is 18.5 Å². The number of benzene rings is 2. The summed E-state index contributed by atoms with van der Waals surface area (Å²) in [5.41, 5.74) is 3.56. The van der Waals surface area contributed by atoms with E-state index in [1.54, 1.807) is 42.5 Å². The number of hydrogen-bond donors (Lipinski definition) is 2. The lowest BCUT2D eigenvalue weighted by molar-refractivity contribution is -0.132. The number of aromatic nitrogens is 2. The third-order valence-electron chi connectivity index (χ3n) is 3.98. The van der Waals surface area contributed by atoms with Crippen LogP contribution in [-0.2, 0) is 4.79 Å². The van der Waals surface area contributed by atoms with Gasteiger partial charge in [-0.05, 0) is 30.7 Å². The Hall–Kier alpha value is -4.45. The quantitative estimate of drug-likeness (QED) is 0.261. The van der Waals surface area contributed by atoms with E-state index in [0.717, 1.165) is 0 Å². The van der Waals surface area contributed by atoms with Gasteiger partial charge in [-0.2, -0.15) is 10.4 Å². The predicted molar refractivity (Wildman–Crippen MR) is 115 cm³/mol. The van der Waals surface area contributed by atoms with Crippen LogP contribution in [0.5, 0.6) is 11.5 Å². The molecule has 2 N–H and O–H groups in total. The number of hydrogen-bond acceptors (Lipinski definition) is 8. The van der Waals surface area contributed by atoms with Crippen LogP contribution in [-0.4, -0.2) is 28.8 Å². The number of carbonyl (C=O) groups excluding carboxylic acids is 1. The minimum Gasteiger partial charge on any atom is -0.490 e. The summed E-state index contributed by atoms with van der Waals surface area (Å²) in [7, 11) is 0. The number of H-pyrrole nitrogens is 1. The van der Waals surface area contributed by atoms with Crippen LogP contribution < -0.4 is 20.5 Å². The van der Waals surface area contributed by atoms with Gasteiger partial charge in [-0.1, -0.05) is 30.3 Å². The maximum atomic E-state index is 12.3. The number of aromatic amines is 1. The first-order valence-corrected chi connectivity index (χ1v) is 9.36. The molecule has 0 aliphatic carbocycles. The monoisotopic (exact) mass is 417 g/mol. The molecule has 0 radical (unpaired) electrons. The Kier molecular flexibility index (Phi) is 6.75. The average molecular weight is 417 g/mol. The molecular formula is C22H19N5O4. The molecule has 0 aliphatic heterocycles. The molecule has 1 heterocycles. The highest BCUT2D eigenvalue weighted by Gasteiger charge is 2.13. The van der Waals surface area contributed by atoms with Crippen LogP contribution in [0.1, 0.15) is 25.0 Å². The van der Waals surface area contributed by atoms with E-state index in [4.69, 9.17) is 9.47 Å². The van der Waals surface area contributed by atoms with Crippen molar-refractivity contribution in [2.24, 2.45) is 5.10 Å². The third-order valence-corrected chi connectivity index (χ3v) is 3.98. The van der Waals surface area contributed by atoms with Crippen molar-refractivity contribution < 1.29 is 14.3 Å². The molecule has 9 heteroatoms. The second kappa shape index (κ2) is 9.84. The fraction of sp³-hybridized carbons (Fsp3) is 0.136. The molecule has 1 aromatic heterocycles. The number of carbonyl (C=O) groups is 1. The molecule has 3 rings (SSSR count). The summed E-state index contributed by atoms with van der Waals surface area (Å²) in [5, 5.41) is 13.4. The molecule has 0 fully saturated rings. The van der Waals surface area contributed by atoms with Crippen LogP contribution in [0.15, 0.2) is 58.4 Å². The van der Waals surface area contributed by atoms with Crippen LogP contribution in [0.4, 0.5) is 5.95 Å². The molecule has 0 saturated carbocycles. The van der Waals surface area contributed by atoms with Crippen molar-refractivity contribution in [1.82, 2.24) is 9.97 Å². The number of nitrogens with one attached hydrogen (secondary N) is 2. The minimum atomic E-state index is -0.571. The summed E-state index contributed by atoms with van der Waals surface area (Å²) in [4.78, 5) is 30.3. The smallest absolute Gasteiger partial charge is 0.308 e. The zero-order chi connectivity index (χ0) is 22.2. The Morgan fingerprint density at radius 1 is 1.26 bits per heavy atom. The number of nitrogens with zero attached hydrogens (tertiary/aromatic N) is 3. The summed E-state index contributed by atoms with van der Waals surface area (Å²) in [6.07, 6.45) is 1.49. The van der Waals surface area contributed by atoms with E-state index in [-0.39, 0.29) is 17.2 Å². The Morgan fingerprint density at radius 2 is 2.03 bits per heavy atom. The van der Waals surface area contributed by atoms with E-state index in [0.29, 0.717) is 29.2 Å². The highest BCUT2D eigenvalue weighted by atomic mass is 16.6. The molecule has 0 aliphatic rings. The van der Waals surface area contributed by atoms with Gasteiger partial charge in [0, 0.05) is 12.5 Å². The van der Waals surface area contributed by atoms with Gasteiger partial charge in [0.1, 0.15) is 11.6 Å². The zero-order valence-electron chi connectivity index (χ0n) is 16.9. The Balaban J connectivity index is 1.85.